The Bertz CT molecular complexity index is 517. The minimum absolute atomic E-state index is 0.241. The molecule has 1 saturated heterocycles. The van der Waals surface area contributed by atoms with Crippen molar-refractivity contribution in [2.45, 2.75) is 19.0 Å². The van der Waals surface area contributed by atoms with Crippen molar-refractivity contribution >= 4 is 29.2 Å². The normalized spacial score (nSPS) is 20.1. The van der Waals surface area contributed by atoms with Crippen molar-refractivity contribution in [1.82, 2.24) is 15.5 Å². The number of carboxylic acid groups (broad SMARTS) is 1. The molecule has 8 heteroatoms. The fraction of sp³-hybridized carbons (Fsp3) is 0.417. The van der Waals surface area contributed by atoms with Gasteiger partial charge in [0, 0.05) is 18.0 Å². The molecule has 0 radical (unpaired) electrons. The van der Waals surface area contributed by atoms with Gasteiger partial charge in [-0.1, -0.05) is 6.07 Å². The zero-order valence-electron chi connectivity index (χ0n) is 10.8. The predicted molar refractivity (Wildman–Crippen MR) is 72.4 cm³/mol. The molecule has 2 atom stereocenters. The van der Waals surface area contributed by atoms with Gasteiger partial charge >= 0.3 is 12.0 Å². The summed E-state index contributed by atoms with van der Waals surface area (Å²) in [4.78, 5) is 36.8. The van der Waals surface area contributed by atoms with Crippen LogP contribution in [0.1, 0.15) is 17.8 Å². The number of amides is 3. The van der Waals surface area contributed by atoms with Crippen LogP contribution in [0.15, 0.2) is 17.5 Å². The monoisotopic (exact) mass is 297 g/mol. The van der Waals surface area contributed by atoms with Crippen LogP contribution in [0.5, 0.6) is 0 Å². The highest BCUT2D eigenvalue weighted by Crippen LogP contribution is 2.20. The van der Waals surface area contributed by atoms with Crippen LogP contribution in [0, 0.1) is 0 Å². The fourth-order valence-corrected chi connectivity index (χ4v) is 2.74. The number of thiophene rings is 1. The van der Waals surface area contributed by atoms with Crippen LogP contribution in [0.3, 0.4) is 0 Å². The highest BCUT2D eigenvalue weighted by molar-refractivity contribution is 7.10. The number of carbonyl (C=O) groups excluding carboxylic acids is 2. The van der Waals surface area contributed by atoms with Crippen LogP contribution in [-0.2, 0) is 9.59 Å². The van der Waals surface area contributed by atoms with E-state index in [2.05, 4.69) is 10.6 Å². The van der Waals surface area contributed by atoms with Crippen molar-refractivity contribution in [2.24, 2.45) is 0 Å². The van der Waals surface area contributed by atoms with E-state index in [1.54, 1.807) is 24.4 Å². The Kier molecular flexibility index (Phi) is 4.23. The summed E-state index contributed by atoms with van der Waals surface area (Å²) in [7, 11) is 0. The smallest absolute Gasteiger partial charge is 0.331 e. The molecule has 0 aromatic carbocycles. The molecule has 20 heavy (non-hydrogen) atoms. The molecule has 1 aliphatic heterocycles. The Labute approximate surface area is 119 Å². The van der Waals surface area contributed by atoms with Gasteiger partial charge in [0.05, 0.1) is 0 Å². The van der Waals surface area contributed by atoms with E-state index in [0.717, 1.165) is 0 Å². The molecule has 0 aliphatic carbocycles. The summed E-state index contributed by atoms with van der Waals surface area (Å²) in [6.07, 6.45) is 0. The van der Waals surface area contributed by atoms with E-state index in [9.17, 15) is 19.5 Å². The summed E-state index contributed by atoms with van der Waals surface area (Å²) in [5.74, 6) is -1.37. The van der Waals surface area contributed by atoms with Gasteiger partial charge in [-0.25, -0.2) is 9.59 Å². The second-order valence-electron chi connectivity index (χ2n) is 4.40. The maximum absolute atomic E-state index is 12.1. The lowest BCUT2D eigenvalue weighted by Crippen LogP contribution is -2.58. The zero-order chi connectivity index (χ0) is 14.7. The average molecular weight is 297 g/mol. The molecule has 3 N–H and O–H groups in total. The van der Waals surface area contributed by atoms with E-state index >= 15 is 0 Å². The Morgan fingerprint density at radius 1 is 1.60 bits per heavy atom. The van der Waals surface area contributed by atoms with E-state index in [1.165, 1.54) is 16.2 Å². The minimum atomic E-state index is -1.13. The molecule has 108 valence electrons. The standard InChI is InChI=1S/C12H15N3O4S/c1-7-10(16)13-4-5-15(7)12(19)14-9(11(17)18)8-3-2-6-20-8/h2-3,6-7,9H,4-5H2,1H3,(H,13,16)(H,14,19)(H,17,18). The molecule has 1 aliphatic rings. The SMILES string of the molecule is CC1C(=O)NCCN1C(=O)NC(C(=O)O)c1cccs1. The Morgan fingerprint density at radius 3 is 2.95 bits per heavy atom. The van der Waals surface area contributed by atoms with E-state index in [1.807, 2.05) is 0 Å². The van der Waals surface area contributed by atoms with Crippen LogP contribution in [-0.4, -0.2) is 47.0 Å². The molecular formula is C12H15N3O4S. The molecule has 2 unspecified atom stereocenters. The van der Waals surface area contributed by atoms with Crippen LogP contribution < -0.4 is 10.6 Å². The molecule has 0 saturated carbocycles. The number of nitrogens with one attached hydrogen (secondary N) is 2. The highest BCUT2D eigenvalue weighted by Gasteiger charge is 2.32. The molecule has 2 rings (SSSR count). The van der Waals surface area contributed by atoms with Gasteiger partial charge in [-0.15, -0.1) is 11.3 Å². The van der Waals surface area contributed by atoms with Crippen molar-refractivity contribution in [2.75, 3.05) is 13.1 Å². The molecule has 7 nitrogen and oxygen atoms in total. The van der Waals surface area contributed by atoms with Gasteiger partial charge in [0.25, 0.3) is 0 Å². The third kappa shape index (κ3) is 2.90. The number of hydrogen-bond donors (Lipinski definition) is 3. The lowest BCUT2D eigenvalue weighted by atomic mass is 10.2. The van der Waals surface area contributed by atoms with E-state index < -0.39 is 24.1 Å². The summed E-state index contributed by atoms with van der Waals surface area (Å²) in [6.45, 7) is 2.33. The van der Waals surface area contributed by atoms with Gasteiger partial charge < -0.3 is 20.6 Å². The minimum Gasteiger partial charge on any atom is -0.479 e. The number of aliphatic carboxylic acids is 1. The quantitative estimate of drug-likeness (QED) is 0.752. The van der Waals surface area contributed by atoms with Gasteiger partial charge in [-0.2, -0.15) is 0 Å². The van der Waals surface area contributed by atoms with Crippen LogP contribution in [0.2, 0.25) is 0 Å². The molecular weight excluding hydrogens is 282 g/mol. The van der Waals surface area contributed by atoms with Crippen LogP contribution >= 0.6 is 11.3 Å². The van der Waals surface area contributed by atoms with Crippen molar-refractivity contribution in [3.8, 4) is 0 Å². The van der Waals surface area contributed by atoms with Crippen molar-refractivity contribution in [3.63, 3.8) is 0 Å². The lowest BCUT2D eigenvalue weighted by Gasteiger charge is -2.33. The summed E-state index contributed by atoms with van der Waals surface area (Å²) in [5.41, 5.74) is 0. The van der Waals surface area contributed by atoms with Crippen molar-refractivity contribution in [1.29, 1.82) is 0 Å². The molecule has 3 amide bonds. The Balaban J connectivity index is 2.09. The first-order chi connectivity index (χ1) is 9.50. The first kappa shape index (κ1) is 14.3. The number of urea groups is 1. The molecule has 1 aromatic heterocycles. The number of carboxylic acids is 1. The van der Waals surface area contributed by atoms with Gasteiger partial charge in [-0.3, -0.25) is 4.79 Å². The summed E-state index contributed by atoms with van der Waals surface area (Å²) >= 11 is 1.26. The number of rotatable bonds is 3. The maximum Gasteiger partial charge on any atom is 0.331 e. The van der Waals surface area contributed by atoms with E-state index in [4.69, 9.17) is 0 Å². The van der Waals surface area contributed by atoms with Crippen LogP contribution in [0.25, 0.3) is 0 Å². The van der Waals surface area contributed by atoms with Crippen molar-refractivity contribution in [3.05, 3.63) is 22.4 Å². The number of hydrogen-bond acceptors (Lipinski definition) is 4. The number of nitrogens with zero attached hydrogens (tertiary/aromatic N) is 1. The van der Waals surface area contributed by atoms with Gasteiger partial charge in [0.2, 0.25) is 5.91 Å². The Morgan fingerprint density at radius 2 is 2.35 bits per heavy atom. The molecule has 2 heterocycles. The number of carbonyl (C=O) groups is 3. The predicted octanol–water partition coefficient (Wildman–Crippen LogP) is 0.404. The summed E-state index contributed by atoms with van der Waals surface area (Å²) in [5, 5.41) is 16.1. The topological polar surface area (TPSA) is 98.7 Å². The van der Waals surface area contributed by atoms with Gasteiger partial charge in [0.1, 0.15) is 6.04 Å². The third-order valence-corrected chi connectivity index (χ3v) is 4.04. The van der Waals surface area contributed by atoms with Crippen LogP contribution in [0.4, 0.5) is 4.79 Å². The third-order valence-electron chi connectivity index (χ3n) is 3.10. The van der Waals surface area contributed by atoms with E-state index in [0.29, 0.717) is 18.0 Å². The second-order valence-corrected chi connectivity index (χ2v) is 5.38. The molecule has 0 bridgehead atoms. The molecule has 1 aromatic rings. The molecule has 1 fully saturated rings. The number of piperazine rings is 1. The zero-order valence-corrected chi connectivity index (χ0v) is 11.6. The highest BCUT2D eigenvalue weighted by atomic mass is 32.1. The fourth-order valence-electron chi connectivity index (χ4n) is 1.98. The molecule has 0 spiro atoms. The van der Waals surface area contributed by atoms with Gasteiger partial charge in [-0.05, 0) is 18.4 Å². The average Bonchev–Trinajstić information content (AvgIpc) is 2.92. The van der Waals surface area contributed by atoms with E-state index in [-0.39, 0.29) is 5.91 Å². The largest absolute Gasteiger partial charge is 0.479 e. The van der Waals surface area contributed by atoms with Gasteiger partial charge in [0.15, 0.2) is 6.04 Å². The first-order valence-electron chi connectivity index (χ1n) is 6.11. The Hall–Kier alpha value is -2.09. The second kappa shape index (κ2) is 5.91. The summed E-state index contributed by atoms with van der Waals surface area (Å²) in [6, 6.07) is 1.11. The summed E-state index contributed by atoms with van der Waals surface area (Å²) < 4.78 is 0. The lowest BCUT2D eigenvalue weighted by molar-refractivity contribution is -0.139. The maximum atomic E-state index is 12.1. The van der Waals surface area contributed by atoms with Crippen molar-refractivity contribution < 1.29 is 19.5 Å². The first-order valence-corrected chi connectivity index (χ1v) is 6.99.